The SMILES string of the molecule is Cc1cc(NC(=S)NCCc2ccccc2)ccc1I. The Bertz CT molecular complexity index is 584. The van der Waals surface area contributed by atoms with Crippen LogP contribution in [0, 0.1) is 10.5 Å². The Balaban J connectivity index is 1.79. The molecule has 0 saturated carbocycles. The first-order valence-corrected chi connectivity index (χ1v) is 7.99. The minimum absolute atomic E-state index is 0.668. The van der Waals surface area contributed by atoms with E-state index < -0.39 is 0 Å². The molecule has 0 amide bonds. The van der Waals surface area contributed by atoms with E-state index in [4.69, 9.17) is 12.2 Å². The van der Waals surface area contributed by atoms with Crippen LogP contribution >= 0.6 is 34.8 Å². The van der Waals surface area contributed by atoms with Crippen molar-refractivity contribution in [2.45, 2.75) is 13.3 Å². The minimum Gasteiger partial charge on any atom is -0.362 e. The highest BCUT2D eigenvalue weighted by atomic mass is 127. The number of anilines is 1. The molecule has 0 aliphatic rings. The zero-order valence-corrected chi connectivity index (χ0v) is 14.3. The molecule has 0 unspecified atom stereocenters. The molecule has 2 nitrogen and oxygen atoms in total. The van der Waals surface area contributed by atoms with Crippen LogP contribution in [-0.2, 0) is 6.42 Å². The summed E-state index contributed by atoms with van der Waals surface area (Å²) >= 11 is 7.63. The summed E-state index contributed by atoms with van der Waals surface area (Å²) in [6, 6.07) is 16.6. The van der Waals surface area contributed by atoms with Gasteiger partial charge in [0.05, 0.1) is 0 Å². The van der Waals surface area contributed by atoms with Crippen molar-refractivity contribution in [3.8, 4) is 0 Å². The summed E-state index contributed by atoms with van der Waals surface area (Å²) in [7, 11) is 0. The number of aryl methyl sites for hydroxylation is 1. The molecule has 104 valence electrons. The number of benzene rings is 2. The molecule has 0 radical (unpaired) electrons. The van der Waals surface area contributed by atoms with Crippen LogP contribution in [0.2, 0.25) is 0 Å². The molecule has 0 bridgehead atoms. The van der Waals surface area contributed by atoms with Gasteiger partial charge in [-0.25, -0.2) is 0 Å². The van der Waals surface area contributed by atoms with E-state index in [1.54, 1.807) is 0 Å². The summed E-state index contributed by atoms with van der Waals surface area (Å²) in [6.45, 7) is 2.93. The van der Waals surface area contributed by atoms with Crippen molar-refractivity contribution in [2.75, 3.05) is 11.9 Å². The molecular weight excluding hydrogens is 379 g/mol. The van der Waals surface area contributed by atoms with Gasteiger partial charge in [-0.15, -0.1) is 0 Å². The second-order valence-corrected chi connectivity index (χ2v) is 6.15. The molecule has 2 aromatic rings. The summed E-state index contributed by atoms with van der Waals surface area (Å²) in [4.78, 5) is 0. The van der Waals surface area contributed by atoms with Gasteiger partial charge in [0.1, 0.15) is 0 Å². The number of hydrogen-bond donors (Lipinski definition) is 2. The third kappa shape index (κ3) is 4.76. The zero-order valence-electron chi connectivity index (χ0n) is 11.3. The molecule has 20 heavy (non-hydrogen) atoms. The maximum atomic E-state index is 5.30. The molecule has 0 saturated heterocycles. The van der Waals surface area contributed by atoms with Crippen LogP contribution in [-0.4, -0.2) is 11.7 Å². The lowest BCUT2D eigenvalue weighted by molar-refractivity contribution is 0.873. The van der Waals surface area contributed by atoms with E-state index in [1.807, 2.05) is 12.1 Å². The van der Waals surface area contributed by atoms with E-state index in [9.17, 15) is 0 Å². The first-order valence-electron chi connectivity index (χ1n) is 6.50. The predicted molar refractivity (Wildman–Crippen MR) is 98.3 cm³/mol. The summed E-state index contributed by atoms with van der Waals surface area (Å²) in [6.07, 6.45) is 0.967. The van der Waals surface area contributed by atoms with Crippen molar-refractivity contribution >= 4 is 45.6 Å². The number of nitrogens with one attached hydrogen (secondary N) is 2. The number of thiocarbonyl (C=S) groups is 1. The lowest BCUT2D eigenvalue weighted by atomic mass is 10.1. The Morgan fingerprint density at radius 2 is 1.90 bits per heavy atom. The largest absolute Gasteiger partial charge is 0.362 e. The van der Waals surface area contributed by atoms with Crippen LogP contribution in [0.5, 0.6) is 0 Å². The highest BCUT2D eigenvalue weighted by Gasteiger charge is 2.00. The Morgan fingerprint density at radius 3 is 2.60 bits per heavy atom. The molecule has 4 heteroatoms. The average molecular weight is 396 g/mol. The summed E-state index contributed by atoms with van der Waals surface area (Å²) in [5.74, 6) is 0. The lowest BCUT2D eigenvalue weighted by Crippen LogP contribution is -2.30. The Kier molecular flexibility index (Phi) is 5.79. The van der Waals surface area contributed by atoms with Gasteiger partial charge >= 0.3 is 0 Å². The summed E-state index contributed by atoms with van der Waals surface area (Å²) in [5.41, 5.74) is 3.59. The minimum atomic E-state index is 0.668. The Labute approximate surface area is 139 Å². The number of hydrogen-bond acceptors (Lipinski definition) is 1. The first kappa shape index (κ1) is 15.3. The third-order valence-electron chi connectivity index (χ3n) is 2.96. The molecule has 0 aromatic heterocycles. The molecule has 0 aliphatic carbocycles. The van der Waals surface area contributed by atoms with Crippen LogP contribution in [0.25, 0.3) is 0 Å². The maximum Gasteiger partial charge on any atom is 0.170 e. The number of rotatable bonds is 4. The lowest BCUT2D eigenvalue weighted by Gasteiger charge is -2.11. The average Bonchev–Trinajstić information content (AvgIpc) is 2.44. The molecule has 2 rings (SSSR count). The van der Waals surface area contributed by atoms with Gasteiger partial charge in [-0.05, 0) is 77.5 Å². The van der Waals surface area contributed by atoms with Crippen molar-refractivity contribution in [3.05, 3.63) is 63.2 Å². The van der Waals surface area contributed by atoms with Gasteiger partial charge in [-0.3, -0.25) is 0 Å². The monoisotopic (exact) mass is 396 g/mol. The molecule has 0 heterocycles. The first-order chi connectivity index (χ1) is 9.65. The van der Waals surface area contributed by atoms with Crippen LogP contribution in [0.3, 0.4) is 0 Å². The quantitative estimate of drug-likeness (QED) is 0.601. The fraction of sp³-hybridized carbons (Fsp3) is 0.188. The van der Waals surface area contributed by atoms with Crippen LogP contribution in [0.4, 0.5) is 5.69 Å². The van der Waals surface area contributed by atoms with E-state index in [0.717, 1.165) is 18.7 Å². The van der Waals surface area contributed by atoms with Crippen molar-refractivity contribution in [1.29, 1.82) is 0 Å². The highest BCUT2D eigenvalue weighted by Crippen LogP contribution is 2.16. The van der Waals surface area contributed by atoms with E-state index in [1.165, 1.54) is 14.7 Å². The fourth-order valence-electron chi connectivity index (χ4n) is 1.86. The highest BCUT2D eigenvalue weighted by molar-refractivity contribution is 14.1. The van der Waals surface area contributed by atoms with Crippen molar-refractivity contribution in [3.63, 3.8) is 0 Å². The molecule has 0 atom stereocenters. The van der Waals surface area contributed by atoms with Gasteiger partial charge in [0.25, 0.3) is 0 Å². The topological polar surface area (TPSA) is 24.1 Å². The van der Waals surface area contributed by atoms with E-state index in [0.29, 0.717) is 5.11 Å². The van der Waals surface area contributed by atoms with Gasteiger partial charge < -0.3 is 10.6 Å². The summed E-state index contributed by atoms with van der Waals surface area (Å²) in [5, 5.41) is 7.11. The second kappa shape index (κ2) is 7.59. The molecule has 0 aliphatic heterocycles. The van der Waals surface area contributed by atoms with Crippen molar-refractivity contribution < 1.29 is 0 Å². The van der Waals surface area contributed by atoms with Crippen molar-refractivity contribution in [1.82, 2.24) is 5.32 Å². The standard InChI is InChI=1S/C16H17IN2S/c1-12-11-14(7-8-15(12)17)19-16(20)18-10-9-13-5-3-2-4-6-13/h2-8,11H,9-10H2,1H3,(H2,18,19,20). The zero-order chi connectivity index (χ0) is 14.4. The summed E-state index contributed by atoms with van der Waals surface area (Å²) < 4.78 is 1.26. The Hall–Kier alpha value is -1.14. The van der Waals surface area contributed by atoms with E-state index in [2.05, 4.69) is 76.5 Å². The van der Waals surface area contributed by atoms with Gasteiger partial charge in [0.15, 0.2) is 5.11 Å². The maximum absolute atomic E-state index is 5.30. The second-order valence-electron chi connectivity index (χ2n) is 4.58. The van der Waals surface area contributed by atoms with Gasteiger partial charge in [-0.1, -0.05) is 30.3 Å². The molecular formula is C16H17IN2S. The molecule has 0 spiro atoms. The predicted octanol–water partition coefficient (Wildman–Crippen LogP) is 4.13. The normalized spacial score (nSPS) is 10.1. The Morgan fingerprint density at radius 1 is 1.15 bits per heavy atom. The third-order valence-corrected chi connectivity index (χ3v) is 4.41. The molecule has 0 fully saturated rings. The smallest absolute Gasteiger partial charge is 0.170 e. The van der Waals surface area contributed by atoms with Gasteiger partial charge in [0.2, 0.25) is 0 Å². The van der Waals surface area contributed by atoms with Crippen LogP contribution in [0.15, 0.2) is 48.5 Å². The van der Waals surface area contributed by atoms with Crippen molar-refractivity contribution in [2.24, 2.45) is 0 Å². The van der Waals surface area contributed by atoms with Crippen LogP contribution < -0.4 is 10.6 Å². The van der Waals surface area contributed by atoms with Gasteiger partial charge in [-0.2, -0.15) is 0 Å². The molecule has 2 N–H and O–H groups in total. The molecule has 2 aromatic carbocycles. The number of halogens is 1. The van der Waals surface area contributed by atoms with Crippen LogP contribution in [0.1, 0.15) is 11.1 Å². The fourth-order valence-corrected chi connectivity index (χ4v) is 2.42. The van der Waals surface area contributed by atoms with E-state index >= 15 is 0 Å². The van der Waals surface area contributed by atoms with E-state index in [-0.39, 0.29) is 0 Å². The van der Waals surface area contributed by atoms with Gasteiger partial charge in [0, 0.05) is 15.8 Å².